The largest absolute Gasteiger partial charge is 0.493 e. The first-order valence-corrected chi connectivity index (χ1v) is 13.4. The molecule has 40 heavy (non-hydrogen) atoms. The van der Waals surface area contributed by atoms with Crippen molar-refractivity contribution in [2.75, 3.05) is 82.3 Å². The summed E-state index contributed by atoms with van der Waals surface area (Å²) in [6, 6.07) is 7.87. The van der Waals surface area contributed by atoms with Crippen LogP contribution in [0.15, 0.2) is 24.3 Å². The third-order valence-corrected chi connectivity index (χ3v) is 6.78. The molecule has 0 saturated carbocycles. The molecule has 0 aliphatic rings. The fourth-order valence-corrected chi connectivity index (χ4v) is 4.89. The molecule has 0 spiro atoms. The molecule has 0 heterocycles. The van der Waals surface area contributed by atoms with Gasteiger partial charge in [0.25, 0.3) is 0 Å². The molecule has 0 aliphatic heterocycles. The zero-order chi connectivity index (χ0) is 29.3. The SMILES string of the molecule is COc1cc(C[C@H](CCCOCCO)[C@@H](COCCO)Cc2cc(OC)c(OC)c(OC)c2)cc(OC)c1OC. The van der Waals surface area contributed by atoms with Crippen LogP contribution in [0.25, 0.3) is 0 Å². The van der Waals surface area contributed by atoms with E-state index in [0.717, 1.165) is 24.0 Å². The summed E-state index contributed by atoms with van der Waals surface area (Å²) in [5.41, 5.74) is 2.05. The van der Waals surface area contributed by atoms with Crippen molar-refractivity contribution in [1.29, 1.82) is 0 Å². The second kappa shape index (κ2) is 18.4. The normalized spacial score (nSPS) is 12.5. The third kappa shape index (κ3) is 9.62. The molecular formula is C30H46O10. The summed E-state index contributed by atoms with van der Waals surface area (Å²) in [5.74, 6) is 3.69. The Hall–Kier alpha value is -2.92. The van der Waals surface area contributed by atoms with Crippen molar-refractivity contribution in [3.05, 3.63) is 35.4 Å². The van der Waals surface area contributed by atoms with Crippen LogP contribution in [0.1, 0.15) is 24.0 Å². The number of methoxy groups -OCH3 is 6. The molecule has 0 saturated heterocycles. The van der Waals surface area contributed by atoms with Gasteiger partial charge in [0.2, 0.25) is 11.5 Å². The number of aliphatic hydroxyl groups excluding tert-OH is 2. The van der Waals surface area contributed by atoms with Gasteiger partial charge in [-0.1, -0.05) is 0 Å². The first-order chi connectivity index (χ1) is 19.5. The van der Waals surface area contributed by atoms with Crippen LogP contribution in [0.3, 0.4) is 0 Å². The number of aliphatic hydroxyl groups is 2. The minimum absolute atomic E-state index is 0.00632. The number of hydrogen-bond donors (Lipinski definition) is 2. The summed E-state index contributed by atoms with van der Waals surface area (Å²) < 4.78 is 44.8. The lowest BCUT2D eigenvalue weighted by atomic mass is 9.80. The van der Waals surface area contributed by atoms with Crippen molar-refractivity contribution in [3.8, 4) is 34.5 Å². The minimum atomic E-state index is -0.0521. The van der Waals surface area contributed by atoms with Gasteiger partial charge in [-0.15, -0.1) is 0 Å². The number of hydrogen-bond acceptors (Lipinski definition) is 10. The Balaban J connectivity index is 2.46. The summed E-state index contributed by atoms with van der Waals surface area (Å²) in [6.45, 7) is 1.50. The standard InChI is InChI=1S/C30H46O10/c1-33-25-16-21(17-26(34-2)29(25)37-5)14-23(8-7-11-39-12-9-31)24(20-40-13-10-32)15-22-18-27(35-3)30(38-6)28(19-22)36-4/h16-19,23-24,31-32H,7-15,20H2,1-6H3/t23-,24+/m0/s1. The van der Waals surface area contributed by atoms with E-state index in [1.54, 1.807) is 42.7 Å². The second-order valence-corrected chi connectivity index (χ2v) is 9.27. The van der Waals surface area contributed by atoms with Crippen molar-refractivity contribution in [2.45, 2.75) is 25.7 Å². The van der Waals surface area contributed by atoms with Gasteiger partial charge in [-0.25, -0.2) is 0 Å². The molecule has 0 aliphatic carbocycles. The zero-order valence-corrected chi connectivity index (χ0v) is 24.7. The molecule has 10 heteroatoms. The molecule has 0 fully saturated rings. The Morgan fingerprint density at radius 2 is 0.975 bits per heavy atom. The molecule has 2 atom stereocenters. The average molecular weight is 567 g/mol. The number of benzene rings is 2. The van der Waals surface area contributed by atoms with Crippen molar-refractivity contribution >= 4 is 0 Å². The average Bonchev–Trinajstić information content (AvgIpc) is 2.98. The minimum Gasteiger partial charge on any atom is -0.493 e. The summed E-state index contributed by atoms with van der Waals surface area (Å²) in [4.78, 5) is 0. The Bertz CT molecular complexity index is 946. The molecule has 226 valence electrons. The summed E-state index contributed by atoms with van der Waals surface area (Å²) in [5, 5.41) is 18.5. The van der Waals surface area contributed by atoms with Crippen molar-refractivity contribution < 1.29 is 48.1 Å². The van der Waals surface area contributed by atoms with Crippen LogP contribution in [-0.2, 0) is 22.3 Å². The monoisotopic (exact) mass is 566 g/mol. The van der Waals surface area contributed by atoms with E-state index in [1.807, 2.05) is 24.3 Å². The molecule has 0 bridgehead atoms. The van der Waals surface area contributed by atoms with Crippen LogP contribution in [-0.4, -0.2) is 92.5 Å². The van der Waals surface area contributed by atoms with E-state index in [4.69, 9.17) is 43.0 Å². The van der Waals surface area contributed by atoms with E-state index >= 15 is 0 Å². The maximum absolute atomic E-state index is 9.38. The molecule has 2 aromatic rings. The van der Waals surface area contributed by atoms with Gasteiger partial charge in [0, 0.05) is 6.61 Å². The molecule has 0 aromatic heterocycles. The number of ether oxygens (including phenoxy) is 8. The lowest BCUT2D eigenvalue weighted by Gasteiger charge is -2.29. The van der Waals surface area contributed by atoms with E-state index in [-0.39, 0.29) is 31.7 Å². The highest BCUT2D eigenvalue weighted by Gasteiger charge is 2.26. The highest BCUT2D eigenvalue weighted by atomic mass is 16.5. The maximum Gasteiger partial charge on any atom is 0.203 e. The van der Waals surface area contributed by atoms with Crippen LogP contribution in [0, 0.1) is 11.8 Å². The number of rotatable bonds is 21. The van der Waals surface area contributed by atoms with E-state index in [0.29, 0.717) is 67.2 Å². The van der Waals surface area contributed by atoms with Gasteiger partial charge in [0.1, 0.15) is 0 Å². The van der Waals surface area contributed by atoms with Crippen LogP contribution < -0.4 is 28.4 Å². The summed E-state index contributed by atoms with van der Waals surface area (Å²) >= 11 is 0. The summed E-state index contributed by atoms with van der Waals surface area (Å²) in [6.07, 6.45) is 3.05. The zero-order valence-electron chi connectivity index (χ0n) is 24.7. The van der Waals surface area contributed by atoms with Gasteiger partial charge < -0.3 is 48.1 Å². The predicted molar refractivity (Wildman–Crippen MR) is 152 cm³/mol. The highest BCUT2D eigenvalue weighted by molar-refractivity contribution is 5.55. The van der Waals surface area contributed by atoms with Gasteiger partial charge in [-0.3, -0.25) is 0 Å². The van der Waals surface area contributed by atoms with E-state index in [2.05, 4.69) is 0 Å². The predicted octanol–water partition coefficient (Wildman–Crippen LogP) is 3.55. The summed E-state index contributed by atoms with van der Waals surface area (Å²) in [7, 11) is 9.57. The fourth-order valence-electron chi connectivity index (χ4n) is 4.89. The van der Waals surface area contributed by atoms with E-state index in [1.165, 1.54) is 0 Å². The lowest BCUT2D eigenvalue weighted by Crippen LogP contribution is -2.26. The third-order valence-electron chi connectivity index (χ3n) is 6.78. The molecule has 2 aromatic carbocycles. The van der Waals surface area contributed by atoms with Gasteiger partial charge in [-0.2, -0.15) is 0 Å². The Morgan fingerprint density at radius 3 is 1.38 bits per heavy atom. The fraction of sp³-hybridized carbons (Fsp3) is 0.600. The van der Waals surface area contributed by atoms with Crippen LogP contribution >= 0.6 is 0 Å². The first-order valence-electron chi connectivity index (χ1n) is 13.4. The van der Waals surface area contributed by atoms with E-state index in [9.17, 15) is 5.11 Å². The quantitative estimate of drug-likeness (QED) is 0.218. The topological polar surface area (TPSA) is 114 Å². The van der Waals surface area contributed by atoms with Crippen LogP contribution in [0.4, 0.5) is 0 Å². The molecule has 10 nitrogen and oxygen atoms in total. The van der Waals surface area contributed by atoms with Crippen molar-refractivity contribution in [3.63, 3.8) is 0 Å². The molecule has 0 radical (unpaired) electrons. The maximum atomic E-state index is 9.38. The Kier molecular flexibility index (Phi) is 15.3. The molecule has 0 unspecified atom stereocenters. The smallest absolute Gasteiger partial charge is 0.203 e. The molecule has 0 amide bonds. The first kappa shape index (κ1) is 33.3. The van der Waals surface area contributed by atoms with Crippen molar-refractivity contribution in [2.24, 2.45) is 11.8 Å². The molecule has 2 rings (SSSR count). The van der Waals surface area contributed by atoms with E-state index < -0.39 is 0 Å². The van der Waals surface area contributed by atoms with Gasteiger partial charge >= 0.3 is 0 Å². The Labute approximate surface area is 238 Å². The van der Waals surface area contributed by atoms with Gasteiger partial charge in [0.15, 0.2) is 23.0 Å². The second-order valence-electron chi connectivity index (χ2n) is 9.27. The van der Waals surface area contributed by atoms with Crippen LogP contribution in [0.5, 0.6) is 34.5 Å². The Morgan fingerprint density at radius 1 is 0.550 bits per heavy atom. The van der Waals surface area contributed by atoms with Crippen molar-refractivity contribution in [1.82, 2.24) is 0 Å². The molecular weight excluding hydrogens is 520 g/mol. The lowest BCUT2D eigenvalue weighted by molar-refractivity contribution is 0.0455. The highest BCUT2D eigenvalue weighted by Crippen LogP contribution is 2.41. The van der Waals surface area contributed by atoms with Gasteiger partial charge in [0.05, 0.1) is 75.7 Å². The van der Waals surface area contributed by atoms with Crippen LogP contribution in [0.2, 0.25) is 0 Å². The van der Waals surface area contributed by atoms with Gasteiger partial charge in [-0.05, 0) is 72.9 Å². The molecule has 2 N–H and O–H groups in total.